The highest BCUT2D eigenvalue weighted by Gasteiger charge is 2.30. The summed E-state index contributed by atoms with van der Waals surface area (Å²) in [5, 5.41) is 22.7. The number of hydrogen-bond acceptors (Lipinski definition) is 7. The second-order valence-corrected chi connectivity index (χ2v) is 16.8. The Kier molecular flexibility index (Phi) is 10.6. The number of pyridine rings is 3. The van der Waals surface area contributed by atoms with E-state index in [-0.39, 0.29) is 29.3 Å². The van der Waals surface area contributed by atoms with E-state index in [4.69, 9.17) is 9.97 Å². The first-order valence-corrected chi connectivity index (χ1v) is 20.8. The van der Waals surface area contributed by atoms with Crippen LogP contribution in [0.5, 0.6) is 5.75 Å². The Morgan fingerprint density at radius 2 is 1.15 bits per heavy atom. The molecule has 0 bridgehead atoms. The normalized spacial score (nSPS) is 13.9. The van der Waals surface area contributed by atoms with Crippen LogP contribution < -0.4 is 16.1 Å². The molecule has 0 spiro atoms. The number of nitrogens with zero attached hydrogens (tertiary/aromatic N) is 2. The van der Waals surface area contributed by atoms with Crippen LogP contribution >= 0.6 is 0 Å². The molecule has 4 unspecified atom stereocenters. The van der Waals surface area contributed by atoms with Crippen molar-refractivity contribution in [2.45, 2.75) is 93.4 Å². The lowest BCUT2D eigenvalue weighted by molar-refractivity contribution is 0.112. The molecule has 0 fully saturated rings. The first-order valence-electron chi connectivity index (χ1n) is 20.8. The molecule has 0 saturated heterocycles. The van der Waals surface area contributed by atoms with Crippen LogP contribution in [0.25, 0.3) is 55.1 Å². The number of nitrogens with one attached hydrogen (secondary N) is 3. The zero-order valence-corrected chi connectivity index (χ0v) is 36.1. The number of aromatic amines is 1. The zero-order valence-electron chi connectivity index (χ0n) is 36.1. The van der Waals surface area contributed by atoms with Crippen LogP contribution in [0.2, 0.25) is 0 Å². The van der Waals surface area contributed by atoms with Crippen molar-refractivity contribution in [1.82, 2.24) is 25.6 Å². The molecule has 0 saturated carbocycles. The largest absolute Gasteiger partial charge is 0.507 e. The number of phenols is 1. The van der Waals surface area contributed by atoms with Crippen LogP contribution in [0.1, 0.15) is 118 Å². The highest BCUT2D eigenvalue weighted by molar-refractivity contribution is 6.08. The zero-order chi connectivity index (χ0) is 42.7. The standard InChI is InChI=1S/C52H53N5O3/c1-26-15-19-39(47-37(26)21-17-30(5)53-47)32(7)55-34(9)44-49-42(23-28(3)51(44)59)46(41-14-12-11-13-36(41)25-58)43-24-29(4)52(60)45(50(43)57-49)35(10)56-33(8)40-20-16-27(2)38-22-18-31(6)54-48(38)40/h11-25,32-35,55-57,59H,1-10H3. The third-order valence-electron chi connectivity index (χ3n) is 12.5. The van der Waals surface area contributed by atoms with Crippen molar-refractivity contribution in [2.75, 3.05) is 0 Å². The van der Waals surface area contributed by atoms with E-state index in [0.29, 0.717) is 39.0 Å². The Hall–Kier alpha value is -6.22. The Bertz CT molecular complexity index is 3040. The second kappa shape index (κ2) is 15.8. The lowest BCUT2D eigenvalue weighted by Gasteiger charge is -2.29. The number of fused-ring (bicyclic) bond motifs is 4. The monoisotopic (exact) mass is 795 g/mol. The molecule has 3 heterocycles. The number of rotatable bonds is 10. The van der Waals surface area contributed by atoms with Crippen molar-refractivity contribution in [3.05, 3.63) is 157 Å². The van der Waals surface area contributed by atoms with Gasteiger partial charge in [0, 0.05) is 79.5 Å². The number of benzene rings is 5. The summed E-state index contributed by atoms with van der Waals surface area (Å²) in [6.07, 6.45) is 0.884. The van der Waals surface area contributed by atoms with Crippen LogP contribution in [0.3, 0.4) is 0 Å². The fourth-order valence-electron chi connectivity index (χ4n) is 9.30. The molecule has 8 rings (SSSR count). The van der Waals surface area contributed by atoms with Crippen molar-refractivity contribution in [3.8, 4) is 28.1 Å². The number of aromatic hydroxyl groups is 1. The van der Waals surface area contributed by atoms with E-state index in [1.807, 2.05) is 83.1 Å². The fourth-order valence-corrected chi connectivity index (χ4v) is 9.30. The summed E-state index contributed by atoms with van der Waals surface area (Å²) in [7, 11) is 0. The van der Waals surface area contributed by atoms with E-state index in [2.05, 4.69) is 86.6 Å². The minimum absolute atomic E-state index is 0.0746. The number of phenolic OH excluding ortho intramolecular Hbond substituents is 1. The molecule has 0 radical (unpaired) electrons. The third kappa shape index (κ3) is 6.93. The van der Waals surface area contributed by atoms with Gasteiger partial charge in [-0.15, -0.1) is 0 Å². The van der Waals surface area contributed by atoms with E-state index >= 15 is 0 Å². The van der Waals surface area contributed by atoms with Gasteiger partial charge in [0.15, 0.2) is 11.7 Å². The van der Waals surface area contributed by atoms with Crippen LogP contribution in [0, 0.1) is 41.5 Å². The number of hydrogen-bond donors (Lipinski definition) is 4. The molecule has 2 aliphatic rings. The smallest absolute Gasteiger partial charge is 0.188 e. The van der Waals surface area contributed by atoms with Gasteiger partial charge >= 0.3 is 0 Å². The van der Waals surface area contributed by atoms with Gasteiger partial charge < -0.3 is 20.7 Å². The molecule has 8 heteroatoms. The maximum Gasteiger partial charge on any atom is 0.188 e. The minimum atomic E-state index is -0.414. The molecule has 0 amide bonds. The lowest BCUT2D eigenvalue weighted by Crippen LogP contribution is -2.29. The second-order valence-electron chi connectivity index (χ2n) is 16.8. The van der Waals surface area contributed by atoms with Gasteiger partial charge in [-0.05, 0) is 132 Å². The predicted octanol–water partition coefficient (Wildman–Crippen LogP) is 11.6. The molecular weight excluding hydrogens is 743 g/mol. The molecule has 6 aromatic rings. The summed E-state index contributed by atoms with van der Waals surface area (Å²) < 4.78 is 0. The van der Waals surface area contributed by atoms with Gasteiger partial charge in [0.25, 0.3) is 0 Å². The molecule has 4 aromatic carbocycles. The number of aryl methyl sites for hydroxylation is 6. The molecular formula is C52H53N5O3. The van der Waals surface area contributed by atoms with Crippen molar-refractivity contribution < 1.29 is 9.90 Å². The molecule has 60 heavy (non-hydrogen) atoms. The van der Waals surface area contributed by atoms with E-state index in [1.165, 1.54) is 0 Å². The van der Waals surface area contributed by atoms with Gasteiger partial charge in [-0.2, -0.15) is 0 Å². The number of aromatic nitrogens is 3. The first kappa shape index (κ1) is 40.6. The van der Waals surface area contributed by atoms with Crippen molar-refractivity contribution >= 4 is 39.0 Å². The van der Waals surface area contributed by atoms with Crippen LogP contribution in [0.4, 0.5) is 0 Å². The summed E-state index contributed by atoms with van der Waals surface area (Å²) in [6.45, 7) is 20.3. The molecule has 1 aliphatic heterocycles. The third-order valence-corrected chi connectivity index (χ3v) is 12.5. The molecule has 8 nitrogen and oxygen atoms in total. The van der Waals surface area contributed by atoms with Crippen molar-refractivity contribution in [2.24, 2.45) is 0 Å². The van der Waals surface area contributed by atoms with E-state index in [0.717, 1.165) is 83.8 Å². The molecule has 1 aliphatic carbocycles. The van der Waals surface area contributed by atoms with Crippen LogP contribution in [0.15, 0.2) is 89.7 Å². The fraction of sp³-hybridized carbons (Fsp3) is 0.269. The Morgan fingerprint density at radius 1 is 0.600 bits per heavy atom. The predicted molar refractivity (Wildman–Crippen MR) is 246 cm³/mol. The van der Waals surface area contributed by atoms with E-state index in [9.17, 15) is 14.7 Å². The summed E-state index contributed by atoms with van der Waals surface area (Å²) in [6, 6.07) is 27.3. The quantitative estimate of drug-likeness (QED) is 0.0803. The van der Waals surface area contributed by atoms with Gasteiger partial charge in [0.1, 0.15) is 5.75 Å². The minimum Gasteiger partial charge on any atom is -0.507 e. The van der Waals surface area contributed by atoms with Gasteiger partial charge in [-0.1, -0.05) is 60.7 Å². The highest BCUT2D eigenvalue weighted by atomic mass is 16.3. The first-order chi connectivity index (χ1) is 28.7. The summed E-state index contributed by atoms with van der Waals surface area (Å²) >= 11 is 0. The Morgan fingerprint density at radius 3 is 1.72 bits per heavy atom. The van der Waals surface area contributed by atoms with Gasteiger partial charge in [0.05, 0.1) is 22.2 Å². The van der Waals surface area contributed by atoms with Crippen LogP contribution in [-0.4, -0.2) is 26.3 Å². The van der Waals surface area contributed by atoms with Crippen LogP contribution in [-0.2, 0) is 0 Å². The number of carbonyl (C=O) groups excluding carboxylic acids is 1. The van der Waals surface area contributed by atoms with E-state index < -0.39 is 6.04 Å². The van der Waals surface area contributed by atoms with E-state index in [1.54, 1.807) is 0 Å². The molecule has 4 N–H and O–H groups in total. The summed E-state index contributed by atoms with van der Waals surface area (Å²) in [5.74, 6) is 0.160. The highest BCUT2D eigenvalue weighted by Crippen LogP contribution is 2.46. The topological polar surface area (TPSA) is 120 Å². The maximum absolute atomic E-state index is 14.6. The average Bonchev–Trinajstić information content (AvgIpc) is 3.21. The number of H-pyrrole nitrogens is 1. The maximum atomic E-state index is 14.6. The molecule has 304 valence electrons. The van der Waals surface area contributed by atoms with Gasteiger partial charge in [-0.3, -0.25) is 19.6 Å². The van der Waals surface area contributed by atoms with Gasteiger partial charge in [-0.25, -0.2) is 0 Å². The molecule has 4 atom stereocenters. The summed E-state index contributed by atoms with van der Waals surface area (Å²) in [5.41, 5.74) is 15.0. The Labute approximate surface area is 351 Å². The van der Waals surface area contributed by atoms with Crippen molar-refractivity contribution in [1.29, 1.82) is 0 Å². The van der Waals surface area contributed by atoms with Gasteiger partial charge in [0.2, 0.25) is 0 Å². The average molecular weight is 796 g/mol. The summed E-state index contributed by atoms with van der Waals surface area (Å²) in [4.78, 5) is 40.9. The SMILES string of the molecule is Cc1ccc2c(C)ccc(C(C)NC(C)c3c4[nH]c5c(C(C)NC(C)c6ccc(C)c7ccc(C)nc67)c(O)c(C)cc5c(-c5ccccc5C=O)c-4cc(C)c3=O)c2n1. The van der Waals surface area contributed by atoms with Crippen molar-refractivity contribution in [3.63, 3.8) is 0 Å². The Balaban J connectivity index is 1.34. The molecule has 2 aromatic heterocycles. The number of aldehydes is 1. The lowest BCUT2D eigenvalue weighted by atomic mass is 9.84. The number of carbonyl (C=O) groups is 1.